The summed E-state index contributed by atoms with van der Waals surface area (Å²) in [6, 6.07) is 0. The average Bonchev–Trinajstić information content (AvgIpc) is 2.41. The zero-order chi connectivity index (χ0) is 14.1. The van der Waals surface area contributed by atoms with Gasteiger partial charge in [-0.25, -0.2) is 0 Å². The smallest absolute Gasteiger partial charge is 0.306 e. The highest BCUT2D eigenvalue weighted by Crippen LogP contribution is 2.29. The van der Waals surface area contributed by atoms with Crippen molar-refractivity contribution in [3.8, 4) is 0 Å². The van der Waals surface area contributed by atoms with E-state index in [4.69, 9.17) is 10.8 Å². The predicted octanol–water partition coefficient (Wildman–Crippen LogP) is 1.51. The molecular formula is C14H26N2O3. The van der Waals surface area contributed by atoms with E-state index in [1.54, 1.807) is 0 Å². The molecule has 110 valence electrons. The van der Waals surface area contributed by atoms with Gasteiger partial charge in [-0.3, -0.25) is 9.59 Å². The van der Waals surface area contributed by atoms with Crippen LogP contribution in [0.2, 0.25) is 0 Å². The Morgan fingerprint density at radius 2 is 1.89 bits per heavy atom. The lowest BCUT2D eigenvalue weighted by Crippen LogP contribution is -2.37. The van der Waals surface area contributed by atoms with Crippen LogP contribution in [0.1, 0.15) is 51.4 Å². The van der Waals surface area contributed by atoms with Gasteiger partial charge in [0.05, 0.1) is 5.92 Å². The van der Waals surface area contributed by atoms with Gasteiger partial charge in [0.1, 0.15) is 0 Å². The molecule has 0 aliphatic heterocycles. The van der Waals surface area contributed by atoms with E-state index in [1.165, 1.54) is 0 Å². The zero-order valence-corrected chi connectivity index (χ0v) is 11.6. The maximum atomic E-state index is 11.6. The number of hydrogen-bond acceptors (Lipinski definition) is 3. The van der Waals surface area contributed by atoms with Gasteiger partial charge in [-0.15, -0.1) is 0 Å². The third-order valence-corrected chi connectivity index (χ3v) is 3.90. The van der Waals surface area contributed by atoms with Crippen LogP contribution in [0.25, 0.3) is 0 Å². The van der Waals surface area contributed by atoms with Crippen LogP contribution in [0.4, 0.5) is 0 Å². The molecule has 1 aliphatic rings. The normalized spacial score (nSPS) is 23.0. The number of aliphatic carboxylic acids is 1. The Morgan fingerprint density at radius 3 is 2.58 bits per heavy atom. The van der Waals surface area contributed by atoms with Gasteiger partial charge in [0.15, 0.2) is 0 Å². The van der Waals surface area contributed by atoms with E-state index in [0.717, 1.165) is 44.9 Å². The highest BCUT2D eigenvalue weighted by atomic mass is 16.4. The van der Waals surface area contributed by atoms with Gasteiger partial charge in [0.25, 0.3) is 0 Å². The zero-order valence-electron chi connectivity index (χ0n) is 11.6. The molecule has 0 saturated heterocycles. The number of rotatable bonds is 8. The SMILES string of the molecule is NCCCCCC(=O)NCC1CCCCC1C(=O)O. The number of carboxylic acid groups (broad SMARTS) is 1. The Bertz CT molecular complexity index is 294. The third-order valence-electron chi connectivity index (χ3n) is 3.90. The number of carboxylic acids is 1. The van der Waals surface area contributed by atoms with Crippen molar-refractivity contribution >= 4 is 11.9 Å². The minimum absolute atomic E-state index is 0.0340. The first kappa shape index (κ1) is 16.0. The van der Waals surface area contributed by atoms with Crippen LogP contribution in [0.3, 0.4) is 0 Å². The largest absolute Gasteiger partial charge is 0.481 e. The quantitative estimate of drug-likeness (QED) is 0.583. The topological polar surface area (TPSA) is 92.4 Å². The number of carbonyl (C=O) groups is 2. The van der Waals surface area contributed by atoms with Gasteiger partial charge in [-0.1, -0.05) is 19.3 Å². The number of hydrogen-bond donors (Lipinski definition) is 3. The fraction of sp³-hybridized carbons (Fsp3) is 0.857. The van der Waals surface area contributed by atoms with Crippen LogP contribution in [0.5, 0.6) is 0 Å². The summed E-state index contributed by atoms with van der Waals surface area (Å²) in [6.45, 7) is 1.18. The van der Waals surface area contributed by atoms with Crippen LogP contribution in [0, 0.1) is 11.8 Å². The summed E-state index contributed by atoms with van der Waals surface area (Å²) in [6.07, 6.45) is 7.01. The molecule has 5 nitrogen and oxygen atoms in total. The number of nitrogens with one attached hydrogen (secondary N) is 1. The Morgan fingerprint density at radius 1 is 1.16 bits per heavy atom. The van der Waals surface area contributed by atoms with Crippen molar-refractivity contribution in [2.24, 2.45) is 17.6 Å². The van der Waals surface area contributed by atoms with Crippen molar-refractivity contribution in [1.82, 2.24) is 5.32 Å². The highest BCUT2D eigenvalue weighted by molar-refractivity contribution is 5.76. The van der Waals surface area contributed by atoms with Gasteiger partial charge in [0, 0.05) is 13.0 Å². The van der Waals surface area contributed by atoms with Crippen LogP contribution in [-0.2, 0) is 9.59 Å². The van der Waals surface area contributed by atoms with E-state index in [-0.39, 0.29) is 17.7 Å². The number of unbranched alkanes of at least 4 members (excludes halogenated alkanes) is 2. The van der Waals surface area contributed by atoms with Gasteiger partial charge in [-0.05, 0) is 38.1 Å². The van der Waals surface area contributed by atoms with Crippen molar-refractivity contribution in [2.45, 2.75) is 51.4 Å². The minimum Gasteiger partial charge on any atom is -0.481 e. The number of carbonyl (C=O) groups excluding carboxylic acids is 1. The van der Waals surface area contributed by atoms with Crippen molar-refractivity contribution in [1.29, 1.82) is 0 Å². The molecule has 4 N–H and O–H groups in total. The summed E-state index contributed by atoms with van der Waals surface area (Å²) < 4.78 is 0. The maximum Gasteiger partial charge on any atom is 0.306 e. The summed E-state index contributed by atoms with van der Waals surface area (Å²) in [5.41, 5.74) is 5.39. The first-order chi connectivity index (χ1) is 9.15. The molecule has 0 radical (unpaired) electrons. The molecule has 19 heavy (non-hydrogen) atoms. The second-order valence-electron chi connectivity index (χ2n) is 5.39. The van der Waals surface area contributed by atoms with Crippen molar-refractivity contribution in [2.75, 3.05) is 13.1 Å². The lowest BCUT2D eigenvalue weighted by molar-refractivity contribution is -0.145. The van der Waals surface area contributed by atoms with E-state index in [2.05, 4.69) is 5.32 Å². The molecule has 0 aromatic heterocycles. The van der Waals surface area contributed by atoms with Crippen molar-refractivity contribution < 1.29 is 14.7 Å². The van der Waals surface area contributed by atoms with Crippen LogP contribution >= 0.6 is 0 Å². The standard InChI is InChI=1S/C14H26N2O3/c15-9-5-1-2-8-13(17)16-10-11-6-3-4-7-12(11)14(18)19/h11-12H,1-10,15H2,(H,16,17)(H,18,19). The maximum absolute atomic E-state index is 11.6. The summed E-state index contributed by atoms with van der Waals surface area (Å²) in [4.78, 5) is 22.8. The molecular weight excluding hydrogens is 244 g/mol. The van der Waals surface area contributed by atoms with Crippen LogP contribution in [0.15, 0.2) is 0 Å². The number of amides is 1. The lowest BCUT2D eigenvalue weighted by atomic mass is 9.79. The Labute approximate surface area is 114 Å². The Balaban J connectivity index is 2.22. The monoisotopic (exact) mass is 270 g/mol. The molecule has 1 amide bonds. The van der Waals surface area contributed by atoms with Crippen molar-refractivity contribution in [3.63, 3.8) is 0 Å². The van der Waals surface area contributed by atoms with E-state index >= 15 is 0 Å². The van der Waals surface area contributed by atoms with Gasteiger partial charge in [0.2, 0.25) is 5.91 Å². The molecule has 0 aromatic carbocycles. The second kappa shape index (κ2) is 8.91. The average molecular weight is 270 g/mol. The highest BCUT2D eigenvalue weighted by Gasteiger charge is 2.30. The third kappa shape index (κ3) is 6.05. The van der Waals surface area contributed by atoms with Crippen LogP contribution < -0.4 is 11.1 Å². The summed E-state index contributed by atoms with van der Waals surface area (Å²) in [7, 11) is 0. The lowest BCUT2D eigenvalue weighted by Gasteiger charge is -2.28. The fourth-order valence-electron chi connectivity index (χ4n) is 2.72. The number of nitrogens with two attached hydrogens (primary N) is 1. The summed E-state index contributed by atoms with van der Waals surface area (Å²) in [5.74, 6) is -0.876. The molecule has 1 saturated carbocycles. The summed E-state index contributed by atoms with van der Waals surface area (Å²) >= 11 is 0. The Hall–Kier alpha value is -1.10. The van der Waals surface area contributed by atoms with E-state index in [0.29, 0.717) is 19.5 Å². The first-order valence-corrected chi connectivity index (χ1v) is 7.34. The molecule has 5 heteroatoms. The Kier molecular flexibility index (Phi) is 7.48. The first-order valence-electron chi connectivity index (χ1n) is 7.34. The second-order valence-corrected chi connectivity index (χ2v) is 5.39. The van der Waals surface area contributed by atoms with E-state index < -0.39 is 5.97 Å². The molecule has 2 atom stereocenters. The molecule has 1 fully saturated rings. The summed E-state index contributed by atoms with van der Waals surface area (Å²) in [5, 5.41) is 12.0. The van der Waals surface area contributed by atoms with Gasteiger partial charge in [-0.2, -0.15) is 0 Å². The van der Waals surface area contributed by atoms with Crippen LogP contribution in [-0.4, -0.2) is 30.1 Å². The molecule has 0 spiro atoms. The molecule has 0 aromatic rings. The van der Waals surface area contributed by atoms with Gasteiger partial charge < -0.3 is 16.2 Å². The molecule has 1 aliphatic carbocycles. The minimum atomic E-state index is -0.720. The van der Waals surface area contributed by atoms with Crippen molar-refractivity contribution in [3.05, 3.63) is 0 Å². The van der Waals surface area contributed by atoms with Gasteiger partial charge >= 0.3 is 5.97 Å². The van der Waals surface area contributed by atoms with E-state index in [9.17, 15) is 9.59 Å². The molecule has 2 unspecified atom stereocenters. The molecule has 0 heterocycles. The molecule has 0 bridgehead atoms. The van der Waals surface area contributed by atoms with E-state index in [1.807, 2.05) is 0 Å². The predicted molar refractivity (Wildman–Crippen MR) is 73.6 cm³/mol. The fourth-order valence-corrected chi connectivity index (χ4v) is 2.72. The molecule has 1 rings (SSSR count).